The number of alkyl halides is 2. The van der Waals surface area contributed by atoms with Gasteiger partial charge in [0.2, 0.25) is 0 Å². The van der Waals surface area contributed by atoms with Crippen molar-refractivity contribution >= 4 is 17.5 Å². The molecule has 2 saturated heterocycles. The Morgan fingerprint density at radius 2 is 2.00 bits per heavy atom. The van der Waals surface area contributed by atoms with E-state index in [9.17, 15) is 13.6 Å². The van der Waals surface area contributed by atoms with Gasteiger partial charge in [-0.15, -0.1) is 0 Å². The van der Waals surface area contributed by atoms with Crippen LogP contribution in [0, 0.1) is 3.70 Å². The Balaban J connectivity index is 1.55. The molecule has 4 heterocycles. The maximum absolute atomic E-state index is 13.6. The molecule has 2 fully saturated rings. The van der Waals surface area contributed by atoms with Crippen LogP contribution in [0.4, 0.5) is 20.4 Å². The van der Waals surface area contributed by atoms with Crippen LogP contribution >= 0.6 is 0 Å². The van der Waals surface area contributed by atoms with Crippen molar-refractivity contribution < 1.29 is 35.1 Å². The molecule has 0 atom stereocenters. The second kappa shape index (κ2) is 8.74. The molecule has 2 aliphatic rings. The molecular weight excluding hydrogens is 505 g/mol. The predicted octanol–water partition coefficient (Wildman–Crippen LogP) is -0.201. The molecule has 0 radical (unpaired) electrons. The number of hydrogen-bond acceptors (Lipinski definition) is 5. The van der Waals surface area contributed by atoms with Crippen LogP contribution in [0.5, 0.6) is 0 Å². The number of aromatic nitrogens is 3. The third-order valence-corrected chi connectivity index (χ3v) is 8.07. The van der Waals surface area contributed by atoms with E-state index in [2.05, 4.69) is 16.4 Å². The van der Waals surface area contributed by atoms with Crippen molar-refractivity contribution in [2.45, 2.75) is 38.0 Å². The van der Waals surface area contributed by atoms with E-state index in [1.165, 1.54) is 0 Å². The van der Waals surface area contributed by atoms with Crippen LogP contribution in [-0.2, 0) is 11.8 Å². The fourth-order valence-electron chi connectivity index (χ4n) is 3.88. The maximum atomic E-state index is 13.6. The molecule has 1 N–H and O–H groups in total. The molecule has 2 aromatic rings. The van der Waals surface area contributed by atoms with Gasteiger partial charge in [0.15, 0.2) is 0 Å². The molecule has 0 aromatic carbocycles. The van der Waals surface area contributed by atoms with Crippen molar-refractivity contribution in [1.29, 1.82) is 0 Å². The summed E-state index contributed by atoms with van der Waals surface area (Å²) < 4.78 is 31.9. The second-order valence-electron chi connectivity index (χ2n) is 7.97. The van der Waals surface area contributed by atoms with E-state index < -0.39 is 27.4 Å². The Hall–Kier alpha value is -1.82. The summed E-state index contributed by atoms with van der Waals surface area (Å²) in [5, 5.41) is 3.26. The number of amides is 1. The van der Waals surface area contributed by atoms with Crippen LogP contribution in [0.2, 0.25) is 0 Å². The molecule has 0 unspecified atom stereocenters. The number of imidazole rings is 1. The number of aryl methyl sites for hydroxylation is 1. The average Bonchev–Trinajstić information content (AvgIpc) is 3.25. The number of rotatable bonds is 5. The summed E-state index contributed by atoms with van der Waals surface area (Å²) >= 11 is -0.771. The van der Waals surface area contributed by atoms with Crippen molar-refractivity contribution in [3.05, 3.63) is 33.9 Å². The number of piperidine rings is 1. The molecule has 164 valence electrons. The van der Waals surface area contributed by atoms with Gasteiger partial charge >= 0.3 is 186 Å². The summed E-state index contributed by atoms with van der Waals surface area (Å²) in [7, 11) is 1.90. The van der Waals surface area contributed by atoms with E-state index in [-0.39, 0.29) is 18.9 Å². The number of carbonyl (C=O) groups is 1. The Labute approximate surface area is 185 Å². The molecule has 2 aromatic heterocycles. The molecule has 0 bridgehead atoms. The topological polar surface area (TPSA) is 66.3 Å². The molecular formula is C20H26F2IN6O-. The van der Waals surface area contributed by atoms with Gasteiger partial charge in [-0.2, -0.15) is 0 Å². The molecule has 4 rings (SSSR count). The number of carbonyl (C=O) groups excluding carboxylic acids is 1. The number of hydrogen-bond donors (Lipinski definition) is 1. The Kier molecular flexibility index (Phi) is 6.24. The summed E-state index contributed by atoms with van der Waals surface area (Å²) in [6.45, 7) is 3.34. The van der Waals surface area contributed by atoms with Crippen LogP contribution in [0.15, 0.2) is 24.7 Å². The number of nitrogens with one attached hydrogen (secondary N) is 1. The van der Waals surface area contributed by atoms with E-state index in [0.717, 1.165) is 35.2 Å². The molecule has 7 nitrogen and oxygen atoms in total. The second-order valence-corrected chi connectivity index (χ2v) is 10.9. The van der Waals surface area contributed by atoms with Gasteiger partial charge in [0.1, 0.15) is 0 Å². The Morgan fingerprint density at radius 3 is 2.60 bits per heavy atom. The first-order chi connectivity index (χ1) is 14.3. The molecule has 30 heavy (non-hydrogen) atoms. The van der Waals surface area contributed by atoms with Crippen LogP contribution in [0.1, 0.15) is 37.7 Å². The van der Waals surface area contributed by atoms with Crippen molar-refractivity contribution in [2.75, 3.05) is 31.5 Å². The number of halogens is 3. The van der Waals surface area contributed by atoms with Gasteiger partial charge < -0.3 is 0 Å². The van der Waals surface area contributed by atoms with Crippen molar-refractivity contribution in [3.8, 4) is 0 Å². The first-order valence-corrected chi connectivity index (χ1v) is 12.1. The van der Waals surface area contributed by atoms with Crippen molar-refractivity contribution in [2.24, 2.45) is 7.05 Å². The SMILES string of the molecule is CC(=O)N1CCC(c2cc(Nc3cn(C)cn3)nc([I-]N3CCC(F)(F)C3)c2)CC1. The van der Waals surface area contributed by atoms with Crippen LogP contribution < -0.4 is 26.8 Å². The third-order valence-electron chi connectivity index (χ3n) is 5.52. The summed E-state index contributed by atoms with van der Waals surface area (Å²) in [6.07, 6.45) is 5.30. The van der Waals surface area contributed by atoms with E-state index in [0.29, 0.717) is 24.1 Å². The molecule has 0 spiro atoms. The minimum absolute atomic E-state index is 0.0744. The van der Waals surface area contributed by atoms with Crippen molar-refractivity contribution in [1.82, 2.24) is 22.5 Å². The first-order valence-electron chi connectivity index (χ1n) is 10.1. The van der Waals surface area contributed by atoms with E-state index >= 15 is 0 Å². The van der Waals surface area contributed by atoms with Crippen LogP contribution in [0.3, 0.4) is 0 Å². The normalized spacial score (nSPS) is 20.1. The zero-order valence-electron chi connectivity index (χ0n) is 17.1. The quantitative estimate of drug-likeness (QED) is 0.329. The third kappa shape index (κ3) is 5.26. The van der Waals surface area contributed by atoms with Gasteiger partial charge in [-0.25, -0.2) is 0 Å². The minimum atomic E-state index is -2.59. The van der Waals surface area contributed by atoms with Crippen LogP contribution in [-0.4, -0.2) is 60.6 Å². The number of pyridine rings is 1. The molecule has 0 aliphatic carbocycles. The standard InChI is InChI=1S/C20H26F2IN6O/c1-14(30)28-6-3-15(4-7-28)16-9-17(23-29-8-5-20(21,22)12-29)25-18(10-16)26-19-11-27(2)13-24-19/h9-11,13,15H,3-8,12H2,1-2H3,(H,25,26)/q-1. The summed E-state index contributed by atoms with van der Waals surface area (Å²) in [6, 6.07) is 4.12. The number of anilines is 2. The average molecular weight is 531 g/mol. The van der Waals surface area contributed by atoms with Gasteiger partial charge in [-0.05, 0) is 0 Å². The predicted molar refractivity (Wildman–Crippen MR) is 105 cm³/mol. The fourth-order valence-corrected chi connectivity index (χ4v) is 6.60. The van der Waals surface area contributed by atoms with E-state index in [1.807, 2.05) is 31.9 Å². The molecule has 10 heteroatoms. The number of likely N-dealkylation sites (tertiary alicyclic amines) is 1. The fraction of sp³-hybridized carbons (Fsp3) is 0.550. The Morgan fingerprint density at radius 1 is 1.23 bits per heavy atom. The zero-order chi connectivity index (χ0) is 21.3. The Bertz CT molecular complexity index is 912. The van der Waals surface area contributed by atoms with Gasteiger partial charge in [0.05, 0.1) is 0 Å². The van der Waals surface area contributed by atoms with Gasteiger partial charge in [0, 0.05) is 0 Å². The molecule has 2 aliphatic heterocycles. The zero-order valence-corrected chi connectivity index (χ0v) is 19.3. The van der Waals surface area contributed by atoms with Crippen molar-refractivity contribution in [3.63, 3.8) is 0 Å². The van der Waals surface area contributed by atoms with Gasteiger partial charge in [-0.3, -0.25) is 0 Å². The van der Waals surface area contributed by atoms with E-state index in [1.54, 1.807) is 13.3 Å². The summed E-state index contributed by atoms with van der Waals surface area (Å²) in [5.41, 5.74) is 1.16. The van der Waals surface area contributed by atoms with E-state index in [4.69, 9.17) is 4.98 Å². The molecule has 1 amide bonds. The van der Waals surface area contributed by atoms with Crippen LogP contribution in [0.25, 0.3) is 0 Å². The van der Waals surface area contributed by atoms with Gasteiger partial charge in [0.25, 0.3) is 0 Å². The summed E-state index contributed by atoms with van der Waals surface area (Å²) in [5.74, 6) is -0.754. The molecule has 0 saturated carbocycles. The number of nitrogens with zero attached hydrogens (tertiary/aromatic N) is 5. The first kappa shape index (κ1) is 21.4. The van der Waals surface area contributed by atoms with Gasteiger partial charge in [-0.1, -0.05) is 0 Å². The summed E-state index contributed by atoms with van der Waals surface area (Å²) in [4.78, 5) is 22.5. The monoisotopic (exact) mass is 531 g/mol.